The zero-order valence-electron chi connectivity index (χ0n) is 13.2. The highest BCUT2D eigenvalue weighted by Crippen LogP contribution is 2.17. The Morgan fingerprint density at radius 1 is 1.05 bits per heavy atom. The van der Waals surface area contributed by atoms with Crippen molar-refractivity contribution in [2.24, 2.45) is 0 Å². The van der Waals surface area contributed by atoms with Crippen LogP contribution in [0.1, 0.15) is 75.2 Å². The van der Waals surface area contributed by atoms with Crippen molar-refractivity contribution in [3.05, 3.63) is 35.4 Å². The molecule has 1 saturated carbocycles. The van der Waals surface area contributed by atoms with Crippen LogP contribution in [0.2, 0.25) is 0 Å². The highest BCUT2D eigenvalue weighted by molar-refractivity contribution is 5.94. The normalized spacial score (nSPS) is 15.8. The van der Waals surface area contributed by atoms with Crippen molar-refractivity contribution in [3.8, 4) is 0 Å². The van der Waals surface area contributed by atoms with Crippen LogP contribution < -0.4 is 5.32 Å². The second-order valence-electron chi connectivity index (χ2n) is 5.21. The molecule has 0 unspecified atom stereocenters. The molecule has 2 heteroatoms. The third-order valence-electron chi connectivity index (χ3n) is 3.81. The summed E-state index contributed by atoms with van der Waals surface area (Å²) in [6.45, 7) is 6.13. The third-order valence-corrected chi connectivity index (χ3v) is 3.81. The molecule has 1 aliphatic rings. The number of amides is 1. The van der Waals surface area contributed by atoms with Gasteiger partial charge in [-0.1, -0.05) is 58.6 Å². The van der Waals surface area contributed by atoms with Gasteiger partial charge in [-0.25, -0.2) is 0 Å². The predicted octanol–water partition coefficient (Wildman–Crippen LogP) is 4.73. The topological polar surface area (TPSA) is 29.1 Å². The molecule has 0 radical (unpaired) electrons. The molecule has 0 atom stereocenters. The standard InChI is InChI=1S/C16H23NO.C2H6/c1-2-13-9-11-14(12-10-13)16(18)17-15-7-5-3-4-6-8-15;1-2/h9-12,15H,2-8H2,1H3,(H,17,18);1-2H3. The number of aryl methyl sites for hydroxylation is 1. The van der Waals surface area contributed by atoms with Gasteiger partial charge < -0.3 is 5.32 Å². The summed E-state index contributed by atoms with van der Waals surface area (Å²) in [6.07, 6.45) is 8.43. The van der Waals surface area contributed by atoms with E-state index >= 15 is 0 Å². The van der Waals surface area contributed by atoms with Crippen LogP contribution in [-0.2, 0) is 6.42 Å². The molecule has 0 aliphatic heterocycles. The SMILES string of the molecule is CC.CCc1ccc(C(=O)NC2CCCCCC2)cc1. The highest BCUT2D eigenvalue weighted by atomic mass is 16.1. The summed E-state index contributed by atoms with van der Waals surface area (Å²) in [6, 6.07) is 8.34. The first kappa shape index (κ1) is 16.7. The van der Waals surface area contributed by atoms with Crippen LogP contribution in [0.5, 0.6) is 0 Å². The third kappa shape index (κ3) is 5.36. The Hall–Kier alpha value is -1.31. The average molecular weight is 275 g/mol. The number of carbonyl (C=O) groups excluding carboxylic acids is 1. The summed E-state index contributed by atoms with van der Waals surface area (Å²) >= 11 is 0. The first-order valence-electron chi connectivity index (χ1n) is 8.19. The van der Waals surface area contributed by atoms with Gasteiger partial charge in [0.2, 0.25) is 0 Å². The highest BCUT2D eigenvalue weighted by Gasteiger charge is 2.15. The van der Waals surface area contributed by atoms with Crippen LogP contribution in [-0.4, -0.2) is 11.9 Å². The summed E-state index contributed by atoms with van der Waals surface area (Å²) in [5.41, 5.74) is 2.07. The van der Waals surface area contributed by atoms with E-state index in [-0.39, 0.29) is 5.91 Å². The van der Waals surface area contributed by atoms with Crippen molar-refractivity contribution in [2.75, 3.05) is 0 Å². The largest absolute Gasteiger partial charge is 0.349 e. The van der Waals surface area contributed by atoms with Crippen molar-refractivity contribution in [1.29, 1.82) is 0 Å². The molecule has 0 heterocycles. The lowest BCUT2D eigenvalue weighted by molar-refractivity contribution is 0.0933. The fourth-order valence-corrected chi connectivity index (χ4v) is 2.58. The number of carbonyl (C=O) groups is 1. The molecular formula is C18H29NO. The fourth-order valence-electron chi connectivity index (χ4n) is 2.58. The molecule has 0 spiro atoms. The first-order chi connectivity index (χ1) is 9.79. The van der Waals surface area contributed by atoms with E-state index in [0.717, 1.165) is 24.8 Å². The van der Waals surface area contributed by atoms with Crippen LogP contribution in [0.15, 0.2) is 24.3 Å². The monoisotopic (exact) mass is 275 g/mol. The molecule has 1 aromatic carbocycles. The van der Waals surface area contributed by atoms with Crippen LogP contribution in [0.3, 0.4) is 0 Å². The van der Waals surface area contributed by atoms with Gasteiger partial charge in [-0.2, -0.15) is 0 Å². The molecule has 0 bridgehead atoms. The second kappa shape index (κ2) is 9.57. The molecule has 20 heavy (non-hydrogen) atoms. The molecular weight excluding hydrogens is 246 g/mol. The number of hydrogen-bond acceptors (Lipinski definition) is 1. The van der Waals surface area contributed by atoms with E-state index in [0.29, 0.717) is 6.04 Å². The molecule has 2 nitrogen and oxygen atoms in total. The van der Waals surface area contributed by atoms with Crippen molar-refractivity contribution in [1.82, 2.24) is 5.32 Å². The van der Waals surface area contributed by atoms with E-state index in [1.54, 1.807) is 0 Å². The minimum Gasteiger partial charge on any atom is -0.349 e. The van der Waals surface area contributed by atoms with E-state index in [4.69, 9.17) is 0 Å². The smallest absolute Gasteiger partial charge is 0.251 e. The maximum atomic E-state index is 12.1. The molecule has 0 saturated heterocycles. The molecule has 1 N–H and O–H groups in total. The number of nitrogens with one attached hydrogen (secondary N) is 1. The molecule has 1 aromatic rings. The summed E-state index contributed by atoms with van der Waals surface area (Å²) < 4.78 is 0. The number of benzene rings is 1. The minimum atomic E-state index is 0.0875. The summed E-state index contributed by atoms with van der Waals surface area (Å²) in [5, 5.41) is 3.17. The van der Waals surface area contributed by atoms with Gasteiger partial charge in [0.1, 0.15) is 0 Å². The van der Waals surface area contributed by atoms with Crippen molar-refractivity contribution in [2.45, 2.75) is 71.8 Å². The number of hydrogen-bond donors (Lipinski definition) is 1. The van der Waals surface area contributed by atoms with Gasteiger partial charge in [-0.15, -0.1) is 0 Å². The van der Waals surface area contributed by atoms with Gasteiger partial charge in [-0.3, -0.25) is 4.79 Å². The van der Waals surface area contributed by atoms with Gasteiger partial charge in [0.15, 0.2) is 0 Å². The second-order valence-corrected chi connectivity index (χ2v) is 5.21. The first-order valence-corrected chi connectivity index (χ1v) is 8.19. The Morgan fingerprint density at radius 2 is 1.60 bits per heavy atom. The average Bonchev–Trinajstić information content (AvgIpc) is 2.78. The van der Waals surface area contributed by atoms with Gasteiger partial charge in [0, 0.05) is 11.6 Å². The van der Waals surface area contributed by atoms with E-state index in [9.17, 15) is 4.79 Å². The zero-order chi connectivity index (χ0) is 14.8. The van der Waals surface area contributed by atoms with Gasteiger partial charge in [0.25, 0.3) is 5.91 Å². The molecule has 1 fully saturated rings. The Kier molecular flexibility index (Phi) is 8.01. The molecule has 2 rings (SSSR count). The van der Waals surface area contributed by atoms with Crippen molar-refractivity contribution < 1.29 is 4.79 Å². The lowest BCUT2D eigenvalue weighted by atomic mass is 10.1. The van der Waals surface area contributed by atoms with E-state index < -0.39 is 0 Å². The van der Waals surface area contributed by atoms with Crippen molar-refractivity contribution in [3.63, 3.8) is 0 Å². The van der Waals surface area contributed by atoms with Crippen LogP contribution in [0.4, 0.5) is 0 Å². The maximum absolute atomic E-state index is 12.1. The Morgan fingerprint density at radius 3 is 2.10 bits per heavy atom. The zero-order valence-corrected chi connectivity index (χ0v) is 13.2. The predicted molar refractivity (Wildman–Crippen MR) is 86.1 cm³/mol. The van der Waals surface area contributed by atoms with Gasteiger partial charge >= 0.3 is 0 Å². The number of rotatable bonds is 3. The molecule has 1 aliphatic carbocycles. The Labute approximate surface area is 124 Å². The van der Waals surface area contributed by atoms with E-state index in [1.165, 1.54) is 31.2 Å². The van der Waals surface area contributed by atoms with Gasteiger partial charge in [-0.05, 0) is 37.0 Å². The van der Waals surface area contributed by atoms with Crippen LogP contribution >= 0.6 is 0 Å². The summed E-state index contributed by atoms with van der Waals surface area (Å²) in [5.74, 6) is 0.0875. The maximum Gasteiger partial charge on any atom is 0.251 e. The molecule has 0 aromatic heterocycles. The quantitative estimate of drug-likeness (QED) is 0.794. The molecule has 1 amide bonds. The van der Waals surface area contributed by atoms with Crippen molar-refractivity contribution >= 4 is 5.91 Å². The summed E-state index contributed by atoms with van der Waals surface area (Å²) in [7, 11) is 0. The van der Waals surface area contributed by atoms with E-state index in [2.05, 4.69) is 12.2 Å². The lowest BCUT2D eigenvalue weighted by Gasteiger charge is -2.16. The van der Waals surface area contributed by atoms with Crippen LogP contribution in [0.25, 0.3) is 0 Å². The van der Waals surface area contributed by atoms with E-state index in [1.807, 2.05) is 38.1 Å². The fraction of sp³-hybridized carbons (Fsp3) is 0.611. The Balaban J connectivity index is 0.000000956. The van der Waals surface area contributed by atoms with Gasteiger partial charge in [0.05, 0.1) is 0 Å². The molecule has 112 valence electrons. The minimum absolute atomic E-state index is 0.0875. The lowest BCUT2D eigenvalue weighted by Crippen LogP contribution is -2.34. The van der Waals surface area contributed by atoms with Crippen LogP contribution in [0, 0.1) is 0 Å². The Bertz CT molecular complexity index is 375. The summed E-state index contributed by atoms with van der Waals surface area (Å²) in [4.78, 5) is 12.1.